The summed E-state index contributed by atoms with van der Waals surface area (Å²) in [4.78, 5) is 0. The van der Waals surface area contributed by atoms with Crippen molar-refractivity contribution in [3.05, 3.63) is 35.4 Å². The molecule has 0 aliphatic carbocycles. The standard InChI is InChI=1S/C16H25N/c1-4-16(2,3)15-7-5-13(6-8-15)14-9-11-17-12-10-14/h5-8,14,17H,4,9-12H2,1-3H3. The van der Waals surface area contributed by atoms with Gasteiger partial charge in [-0.25, -0.2) is 0 Å². The molecule has 1 aromatic rings. The summed E-state index contributed by atoms with van der Waals surface area (Å²) >= 11 is 0. The lowest BCUT2D eigenvalue weighted by atomic mass is 9.81. The van der Waals surface area contributed by atoms with E-state index in [0.29, 0.717) is 5.41 Å². The van der Waals surface area contributed by atoms with E-state index in [9.17, 15) is 0 Å². The van der Waals surface area contributed by atoms with Crippen molar-refractivity contribution >= 4 is 0 Å². The van der Waals surface area contributed by atoms with E-state index >= 15 is 0 Å². The lowest BCUT2D eigenvalue weighted by Crippen LogP contribution is -2.26. The molecule has 1 heteroatoms. The zero-order valence-electron chi connectivity index (χ0n) is 11.4. The van der Waals surface area contributed by atoms with Gasteiger partial charge in [0.15, 0.2) is 0 Å². The van der Waals surface area contributed by atoms with Crippen LogP contribution in [-0.4, -0.2) is 13.1 Å². The van der Waals surface area contributed by atoms with Gasteiger partial charge >= 0.3 is 0 Å². The van der Waals surface area contributed by atoms with Crippen LogP contribution in [0.1, 0.15) is 57.1 Å². The molecule has 0 bridgehead atoms. The van der Waals surface area contributed by atoms with Crippen LogP contribution in [0, 0.1) is 0 Å². The monoisotopic (exact) mass is 231 g/mol. The number of hydrogen-bond donors (Lipinski definition) is 1. The van der Waals surface area contributed by atoms with Gasteiger partial charge in [-0.15, -0.1) is 0 Å². The molecule has 0 unspecified atom stereocenters. The Labute approximate surface area is 106 Å². The molecule has 0 radical (unpaired) electrons. The Kier molecular flexibility index (Phi) is 3.88. The average molecular weight is 231 g/mol. The summed E-state index contributed by atoms with van der Waals surface area (Å²) in [5.74, 6) is 0.773. The molecule has 17 heavy (non-hydrogen) atoms. The molecule has 0 amide bonds. The summed E-state index contributed by atoms with van der Waals surface area (Å²) in [6, 6.07) is 9.37. The fourth-order valence-electron chi connectivity index (χ4n) is 2.57. The van der Waals surface area contributed by atoms with E-state index in [2.05, 4.69) is 50.4 Å². The number of piperidine rings is 1. The second kappa shape index (κ2) is 5.22. The molecule has 0 spiro atoms. The molecule has 1 heterocycles. The second-order valence-corrected chi connectivity index (χ2v) is 5.88. The van der Waals surface area contributed by atoms with Gasteiger partial charge in [-0.1, -0.05) is 45.0 Å². The Hall–Kier alpha value is -0.820. The first kappa shape index (κ1) is 12.6. The van der Waals surface area contributed by atoms with Crippen molar-refractivity contribution in [3.63, 3.8) is 0 Å². The minimum absolute atomic E-state index is 0.312. The Morgan fingerprint density at radius 3 is 2.24 bits per heavy atom. The molecule has 1 fully saturated rings. The Balaban J connectivity index is 2.12. The number of rotatable bonds is 3. The predicted molar refractivity (Wildman–Crippen MR) is 74.6 cm³/mol. The summed E-state index contributed by atoms with van der Waals surface area (Å²) in [6.45, 7) is 9.26. The largest absolute Gasteiger partial charge is 0.317 e. The van der Waals surface area contributed by atoms with Crippen LogP contribution in [-0.2, 0) is 5.41 Å². The molecule has 0 atom stereocenters. The van der Waals surface area contributed by atoms with Crippen LogP contribution in [0.15, 0.2) is 24.3 Å². The molecule has 1 N–H and O–H groups in total. The van der Waals surface area contributed by atoms with Crippen molar-refractivity contribution in [2.24, 2.45) is 0 Å². The third-order valence-electron chi connectivity index (χ3n) is 4.39. The highest BCUT2D eigenvalue weighted by molar-refractivity contribution is 5.30. The quantitative estimate of drug-likeness (QED) is 0.833. The van der Waals surface area contributed by atoms with E-state index in [1.54, 1.807) is 0 Å². The topological polar surface area (TPSA) is 12.0 Å². The Bertz CT molecular complexity index is 344. The van der Waals surface area contributed by atoms with Crippen molar-refractivity contribution < 1.29 is 0 Å². The van der Waals surface area contributed by atoms with Gasteiger partial charge < -0.3 is 5.32 Å². The summed E-state index contributed by atoms with van der Waals surface area (Å²) in [7, 11) is 0. The lowest BCUT2D eigenvalue weighted by molar-refractivity contribution is 0.459. The third kappa shape index (κ3) is 2.90. The first-order chi connectivity index (χ1) is 8.13. The van der Waals surface area contributed by atoms with Crippen LogP contribution < -0.4 is 5.32 Å². The van der Waals surface area contributed by atoms with Gasteiger partial charge in [0.05, 0.1) is 0 Å². The van der Waals surface area contributed by atoms with Crippen LogP contribution in [0.4, 0.5) is 0 Å². The molecule has 2 rings (SSSR count). The minimum Gasteiger partial charge on any atom is -0.317 e. The van der Waals surface area contributed by atoms with Gasteiger partial charge in [0.1, 0.15) is 0 Å². The fourth-order valence-corrected chi connectivity index (χ4v) is 2.57. The van der Waals surface area contributed by atoms with Gasteiger partial charge in [-0.05, 0) is 54.8 Å². The van der Waals surface area contributed by atoms with Crippen LogP contribution >= 0.6 is 0 Å². The highest BCUT2D eigenvalue weighted by Gasteiger charge is 2.19. The Morgan fingerprint density at radius 2 is 1.71 bits per heavy atom. The molecular formula is C16H25N. The first-order valence-electron chi connectivity index (χ1n) is 6.94. The summed E-state index contributed by atoms with van der Waals surface area (Å²) < 4.78 is 0. The average Bonchev–Trinajstić information content (AvgIpc) is 2.40. The van der Waals surface area contributed by atoms with E-state index in [-0.39, 0.29) is 0 Å². The zero-order valence-corrected chi connectivity index (χ0v) is 11.4. The van der Waals surface area contributed by atoms with Crippen LogP contribution in [0.3, 0.4) is 0 Å². The molecule has 1 aliphatic heterocycles. The van der Waals surface area contributed by atoms with E-state index in [1.165, 1.54) is 43.5 Å². The van der Waals surface area contributed by atoms with Gasteiger partial charge in [0, 0.05) is 0 Å². The van der Waals surface area contributed by atoms with Crippen molar-refractivity contribution in [2.75, 3.05) is 13.1 Å². The number of nitrogens with one attached hydrogen (secondary N) is 1. The third-order valence-corrected chi connectivity index (χ3v) is 4.39. The maximum absolute atomic E-state index is 3.43. The highest BCUT2D eigenvalue weighted by Crippen LogP contribution is 2.30. The van der Waals surface area contributed by atoms with Crippen molar-refractivity contribution in [1.29, 1.82) is 0 Å². The van der Waals surface area contributed by atoms with E-state index < -0.39 is 0 Å². The van der Waals surface area contributed by atoms with E-state index in [0.717, 1.165) is 5.92 Å². The number of benzene rings is 1. The molecule has 0 saturated carbocycles. The van der Waals surface area contributed by atoms with Crippen molar-refractivity contribution in [2.45, 2.75) is 51.4 Å². The smallest absolute Gasteiger partial charge is 0.00431 e. The van der Waals surface area contributed by atoms with Gasteiger partial charge in [0.25, 0.3) is 0 Å². The van der Waals surface area contributed by atoms with Gasteiger partial charge in [0.2, 0.25) is 0 Å². The fraction of sp³-hybridized carbons (Fsp3) is 0.625. The maximum Gasteiger partial charge on any atom is -0.00431 e. The lowest BCUT2D eigenvalue weighted by Gasteiger charge is -2.26. The van der Waals surface area contributed by atoms with Gasteiger partial charge in [-0.3, -0.25) is 0 Å². The molecule has 1 nitrogen and oxygen atoms in total. The van der Waals surface area contributed by atoms with E-state index in [1.807, 2.05) is 0 Å². The molecule has 0 aromatic heterocycles. The minimum atomic E-state index is 0.312. The highest BCUT2D eigenvalue weighted by atomic mass is 14.9. The second-order valence-electron chi connectivity index (χ2n) is 5.88. The molecule has 1 aliphatic rings. The van der Waals surface area contributed by atoms with Crippen LogP contribution in [0.5, 0.6) is 0 Å². The molecule has 1 saturated heterocycles. The predicted octanol–water partition coefficient (Wildman–Crippen LogP) is 3.84. The van der Waals surface area contributed by atoms with Crippen LogP contribution in [0.25, 0.3) is 0 Å². The van der Waals surface area contributed by atoms with E-state index in [4.69, 9.17) is 0 Å². The van der Waals surface area contributed by atoms with Crippen LogP contribution in [0.2, 0.25) is 0 Å². The normalized spacial score (nSPS) is 18.3. The first-order valence-corrected chi connectivity index (χ1v) is 6.94. The molecular weight excluding hydrogens is 206 g/mol. The summed E-state index contributed by atoms with van der Waals surface area (Å²) in [5, 5.41) is 3.43. The maximum atomic E-state index is 3.43. The van der Waals surface area contributed by atoms with Gasteiger partial charge in [-0.2, -0.15) is 0 Å². The molecule has 1 aromatic carbocycles. The van der Waals surface area contributed by atoms with Crippen molar-refractivity contribution in [3.8, 4) is 0 Å². The summed E-state index contributed by atoms with van der Waals surface area (Å²) in [6.07, 6.45) is 3.77. The SMILES string of the molecule is CCC(C)(C)c1ccc(C2CCNCC2)cc1. The zero-order chi connectivity index (χ0) is 12.3. The summed E-state index contributed by atoms with van der Waals surface area (Å²) in [5.41, 5.74) is 3.31. The Morgan fingerprint density at radius 1 is 1.12 bits per heavy atom. The molecule has 94 valence electrons. The number of hydrogen-bond acceptors (Lipinski definition) is 1. The van der Waals surface area contributed by atoms with Crippen molar-refractivity contribution in [1.82, 2.24) is 5.32 Å².